The number of piperazine rings is 1. The standard InChI is InChI=1S/C15H23N5/c1-10-9-20(7-6-19(10)2)15-12(14(16)17)8-11-4-3-5-13(11)18-15/h8,10H,3-7,9H2,1-2H3,(H3,16,17). The van der Waals surface area contributed by atoms with Crippen molar-refractivity contribution in [3.05, 3.63) is 22.9 Å². The molecule has 2 aliphatic rings. The van der Waals surface area contributed by atoms with E-state index < -0.39 is 0 Å². The zero-order chi connectivity index (χ0) is 14.3. The number of nitrogen functional groups attached to an aromatic ring is 1. The van der Waals surface area contributed by atoms with Crippen LogP contribution in [0.15, 0.2) is 6.07 Å². The van der Waals surface area contributed by atoms with Gasteiger partial charge in [0.25, 0.3) is 0 Å². The number of hydrogen-bond donors (Lipinski definition) is 2. The second kappa shape index (κ2) is 5.05. The highest BCUT2D eigenvalue weighted by Gasteiger charge is 2.26. The molecule has 1 unspecified atom stereocenters. The molecule has 3 N–H and O–H groups in total. The van der Waals surface area contributed by atoms with Gasteiger partial charge in [-0.25, -0.2) is 4.98 Å². The first-order valence-corrected chi connectivity index (χ1v) is 7.38. The molecular weight excluding hydrogens is 250 g/mol. The van der Waals surface area contributed by atoms with Gasteiger partial charge in [0.2, 0.25) is 0 Å². The molecule has 0 spiro atoms. The Morgan fingerprint density at radius 1 is 1.40 bits per heavy atom. The average molecular weight is 273 g/mol. The number of likely N-dealkylation sites (N-methyl/N-ethyl adjacent to an activating group) is 1. The van der Waals surface area contributed by atoms with E-state index in [1.165, 1.54) is 17.7 Å². The number of aromatic nitrogens is 1. The number of aryl methyl sites for hydroxylation is 2. The van der Waals surface area contributed by atoms with Gasteiger partial charge in [-0.05, 0) is 44.9 Å². The number of amidine groups is 1. The normalized spacial score (nSPS) is 22.9. The molecule has 0 radical (unpaired) electrons. The van der Waals surface area contributed by atoms with Crippen molar-refractivity contribution in [2.75, 3.05) is 31.6 Å². The first-order chi connectivity index (χ1) is 9.56. The molecule has 0 bridgehead atoms. The minimum atomic E-state index is 0.133. The Labute approximate surface area is 120 Å². The van der Waals surface area contributed by atoms with Gasteiger partial charge in [-0.15, -0.1) is 0 Å². The van der Waals surface area contributed by atoms with Crippen LogP contribution >= 0.6 is 0 Å². The molecule has 0 saturated carbocycles. The van der Waals surface area contributed by atoms with E-state index in [1.807, 2.05) is 0 Å². The van der Waals surface area contributed by atoms with Crippen molar-refractivity contribution < 1.29 is 0 Å². The van der Waals surface area contributed by atoms with Crippen LogP contribution in [0.1, 0.15) is 30.2 Å². The molecule has 1 atom stereocenters. The van der Waals surface area contributed by atoms with Crippen molar-refractivity contribution in [1.82, 2.24) is 9.88 Å². The smallest absolute Gasteiger partial charge is 0.139 e. The molecule has 3 rings (SSSR count). The highest BCUT2D eigenvalue weighted by Crippen LogP contribution is 2.28. The summed E-state index contributed by atoms with van der Waals surface area (Å²) in [6, 6.07) is 2.59. The monoisotopic (exact) mass is 273 g/mol. The summed E-state index contributed by atoms with van der Waals surface area (Å²) in [5, 5.41) is 7.85. The molecule has 1 aliphatic heterocycles. The van der Waals surface area contributed by atoms with Crippen LogP contribution in [-0.2, 0) is 12.8 Å². The summed E-state index contributed by atoms with van der Waals surface area (Å²) in [5.41, 5.74) is 9.08. The minimum absolute atomic E-state index is 0.133. The highest BCUT2D eigenvalue weighted by molar-refractivity contribution is 6.00. The van der Waals surface area contributed by atoms with Crippen LogP contribution in [0.3, 0.4) is 0 Å². The Kier molecular flexibility index (Phi) is 3.38. The molecule has 0 amide bonds. The quantitative estimate of drug-likeness (QED) is 0.623. The Hall–Kier alpha value is -1.62. The predicted octanol–water partition coefficient (Wildman–Crippen LogP) is 0.995. The van der Waals surface area contributed by atoms with Gasteiger partial charge in [0.05, 0.1) is 5.56 Å². The number of hydrogen-bond acceptors (Lipinski definition) is 4. The van der Waals surface area contributed by atoms with Crippen LogP contribution in [0, 0.1) is 5.41 Å². The molecule has 2 heterocycles. The lowest BCUT2D eigenvalue weighted by Crippen LogP contribution is -2.50. The molecule has 20 heavy (non-hydrogen) atoms. The lowest BCUT2D eigenvalue weighted by Gasteiger charge is -2.39. The number of nitrogens with zero attached hydrogens (tertiary/aromatic N) is 3. The van der Waals surface area contributed by atoms with E-state index in [4.69, 9.17) is 16.1 Å². The maximum atomic E-state index is 7.85. The van der Waals surface area contributed by atoms with Gasteiger partial charge in [0.15, 0.2) is 0 Å². The third kappa shape index (κ3) is 2.26. The summed E-state index contributed by atoms with van der Waals surface area (Å²) in [6.45, 7) is 5.15. The van der Waals surface area contributed by atoms with Crippen LogP contribution < -0.4 is 10.6 Å². The summed E-state index contributed by atoms with van der Waals surface area (Å²) in [6.07, 6.45) is 3.30. The lowest BCUT2D eigenvalue weighted by molar-refractivity contribution is 0.233. The zero-order valence-corrected chi connectivity index (χ0v) is 12.3. The van der Waals surface area contributed by atoms with E-state index in [0.29, 0.717) is 6.04 Å². The molecule has 1 aromatic rings. The van der Waals surface area contributed by atoms with Gasteiger partial charge < -0.3 is 15.5 Å². The Bertz CT molecular complexity index is 539. The minimum Gasteiger partial charge on any atom is -0.384 e. The van der Waals surface area contributed by atoms with Gasteiger partial charge >= 0.3 is 0 Å². The molecule has 1 saturated heterocycles. The first-order valence-electron chi connectivity index (χ1n) is 7.38. The number of nitrogens with one attached hydrogen (secondary N) is 1. The van der Waals surface area contributed by atoms with Crippen molar-refractivity contribution in [3.8, 4) is 0 Å². The number of rotatable bonds is 2. The topological polar surface area (TPSA) is 69.2 Å². The first kappa shape index (κ1) is 13.4. The fourth-order valence-corrected chi connectivity index (χ4v) is 3.14. The lowest BCUT2D eigenvalue weighted by atomic mass is 10.1. The Morgan fingerprint density at radius 3 is 2.90 bits per heavy atom. The summed E-state index contributed by atoms with van der Waals surface area (Å²) in [4.78, 5) is 9.49. The van der Waals surface area contributed by atoms with Crippen LogP contribution in [-0.4, -0.2) is 48.4 Å². The van der Waals surface area contributed by atoms with Gasteiger partial charge in [-0.1, -0.05) is 0 Å². The van der Waals surface area contributed by atoms with Crippen LogP contribution in [0.4, 0.5) is 5.82 Å². The molecule has 1 fully saturated rings. The van der Waals surface area contributed by atoms with Crippen molar-refractivity contribution in [1.29, 1.82) is 5.41 Å². The average Bonchev–Trinajstić information content (AvgIpc) is 2.87. The van der Waals surface area contributed by atoms with Crippen LogP contribution in [0.2, 0.25) is 0 Å². The van der Waals surface area contributed by atoms with Crippen molar-refractivity contribution >= 4 is 11.7 Å². The largest absolute Gasteiger partial charge is 0.384 e. The fourth-order valence-electron chi connectivity index (χ4n) is 3.14. The molecule has 5 nitrogen and oxygen atoms in total. The molecule has 1 aliphatic carbocycles. The maximum Gasteiger partial charge on any atom is 0.139 e. The summed E-state index contributed by atoms with van der Waals surface area (Å²) in [5.74, 6) is 1.05. The maximum absolute atomic E-state index is 7.85. The van der Waals surface area contributed by atoms with Gasteiger partial charge in [-0.3, -0.25) is 5.41 Å². The second-order valence-electron chi connectivity index (χ2n) is 6.01. The molecule has 1 aromatic heterocycles. The number of fused-ring (bicyclic) bond motifs is 1. The zero-order valence-electron chi connectivity index (χ0n) is 12.3. The molecular formula is C15H23N5. The molecule has 0 aromatic carbocycles. The van der Waals surface area contributed by atoms with Gasteiger partial charge in [0, 0.05) is 31.4 Å². The van der Waals surface area contributed by atoms with E-state index in [9.17, 15) is 0 Å². The van der Waals surface area contributed by atoms with Crippen LogP contribution in [0.25, 0.3) is 0 Å². The van der Waals surface area contributed by atoms with Crippen molar-refractivity contribution in [2.45, 2.75) is 32.2 Å². The van der Waals surface area contributed by atoms with Gasteiger partial charge in [0.1, 0.15) is 11.7 Å². The third-order valence-corrected chi connectivity index (χ3v) is 4.58. The van der Waals surface area contributed by atoms with Crippen molar-refractivity contribution in [2.24, 2.45) is 5.73 Å². The number of anilines is 1. The van der Waals surface area contributed by atoms with E-state index in [1.54, 1.807) is 0 Å². The highest BCUT2D eigenvalue weighted by atomic mass is 15.3. The van der Waals surface area contributed by atoms with Crippen molar-refractivity contribution in [3.63, 3.8) is 0 Å². The summed E-state index contributed by atoms with van der Waals surface area (Å²) in [7, 11) is 2.16. The molecule has 108 valence electrons. The van der Waals surface area contributed by atoms with E-state index >= 15 is 0 Å². The van der Waals surface area contributed by atoms with Crippen LogP contribution in [0.5, 0.6) is 0 Å². The number of pyridine rings is 1. The van der Waals surface area contributed by atoms with E-state index in [2.05, 4.69) is 29.8 Å². The van der Waals surface area contributed by atoms with E-state index in [0.717, 1.165) is 43.9 Å². The van der Waals surface area contributed by atoms with Gasteiger partial charge in [-0.2, -0.15) is 0 Å². The summed E-state index contributed by atoms with van der Waals surface area (Å²) < 4.78 is 0. The van der Waals surface area contributed by atoms with E-state index in [-0.39, 0.29) is 5.84 Å². The Morgan fingerprint density at radius 2 is 2.20 bits per heavy atom. The fraction of sp³-hybridized carbons (Fsp3) is 0.600. The SMILES string of the molecule is CC1CN(c2nc3c(cc2C(=N)N)CCC3)CCN1C. The third-order valence-electron chi connectivity index (χ3n) is 4.58. The molecule has 5 heteroatoms. The second-order valence-corrected chi connectivity index (χ2v) is 6.01. The predicted molar refractivity (Wildman–Crippen MR) is 81.6 cm³/mol. The summed E-state index contributed by atoms with van der Waals surface area (Å²) >= 11 is 0. The Balaban J connectivity index is 1.97. The number of nitrogens with two attached hydrogens (primary N) is 1.